The van der Waals surface area contributed by atoms with E-state index in [0.29, 0.717) is 29.6 Å². The Morgan fingerprint density at radius 2 is 1.85 bits per heavy atom. The number of carboxylic acids is 1. The minimum absolute atomic E-state index is 0.0487. The van der Waals surface area contributed by atoms with E-state index in [1.54, 1.807) is 38.3 Å². The third-order valence-corrected chi connectivity index (χ3v) is 6.94. The molecule has 0 radical (unpaired) electrons. The van der Waals surface area contributed by atoms with Gasteiger partial charge in [-0.3, -0.25) is 4.57 Å². The van der Waals surface area contributed by atoms with Gasteiger partial charge in [-0.15, -0.1) is 0 Å². The topological polar surface area (TPSA) is 72.8 Å². The van der Waals surface area contributed by atoms with Crippen molar-refractivity contribution in [1.82, 2.24) is 0 Å². The summed E-state index contributed by atoms with van der Waals surface area (Å²) in [5.74, 6) is -0.595. The fourth-order valence-corrected chi connectivity index (χ4v) is 5.39. The molecule has 0 fully saturated rings. The van der Waals surface area contributed by atoms with Gasteiger partial charge in [0.25, 0.3) is 0 Å². The van der Waals surface area contributed by atoms with Gasteiger partial charge in [0.1, 0.15) is 5.75 Å². The number of hydrogen-bond donors (Lipinski definition) is 1. The lowest BCUT2D eigenvalue weighted by Gasteiger charge is -2.19. The Balaban J connectivity index is 2.28. The molecule has 1 atom stereocenters. The number of halogens is 2. The lowest BCUT2D eigenvalue weighted by atomic mass is 10.1. The van der Waals surface area contributed by atoms with E-state index in [1.165, 1.54) is 12.1 Å². The van der Waals surface area contributed by atoms with Crippen LogP contribution in [0.3, 0.4) is 0 Å². The quantitative estimate of drug-likeness (QED) is 0.620. The Labute approximate surface area is 162 Å². The van der Waals surface area contributed by atoms with Crippen molar-refractivity contribution in [2.75, 3.05) is 19.9 Å². The molecular weight excluding hydrogens is 398 g/mol. The molecule has 5 nitrogen and oxygen atoms in total. The van der Waals surface area contributed by atoms with Gasteiger partial charge in [0.2, 0.25) is 7.37 Å². The van der Waals surface area contributed by atoms with Crippen molar-refractivity contribution in [3.8, 4) is 5.75 Å². The van der Waals surface area contributed by atoms with Crippen molar-refractivity contribution in [2.24, 2.45) is 0 Å². The van der Waals surface area contributed by atoms with Gasteiger partial charge in [-0.25, -0.2) is 4.79 Å². The van der Waals surface area contributed by atoms with Crippen LogP contribution in [-0.4, -0.2) is 31.0 Å². The zero-order valence-electron chi connectivity index (χ0n) is 14.4. The first-order valence-corrected chi connectivity index (χ1v) is 10.5. The summed E-state index contributed by atoms with van der Waals surface area (Å²) in [7, 11) is -1.58. The number of rotatable bonds is 8. The van der Waals surface area contributed by atoms with Crippen LogP contribution in [0.2, 0.25) is 10.0 Å². The molecule has 26 heavy (non-hydrogen) atoms. The Hall–Kier alpha value is -1.52. The van der Waals surface area contributed by atoms with Gasteiger partial charge in [0.15, 0.2) is 0 Å². The molecular formula is C18H19Cl2O5P. The maximum Gasteiger partial charge on any atom is 0.338 e. The van der Waals surface area contributed by atoms with E-state index >= 15 is 0 Å². The molecule has 8 heteroatoms. The van der Waals surface area contributed by atoms with E-state index in [1.807, 2.05) is 0 Å². The summed E-state index contributed by atoms with van der Waals surface area (Å²) in [6, 6.07) is 10.0. The number of hydrogen-bond acceptors (Lipinski definition) is 4. The van der Waals surface area contributed by atoms with E-state index in [-0.39, 0.29) is 21.8 Å². The highest BCUT2D eigenvalue weighted by atomic mass is 35.5. The van der Waals surface area contributed by atoms with Crippen LogP contribution < -0.4 is 10.0 Å². The number of aryl methyl sites for hydroxylation is 1. The molecule has 0 aromatic heterocycles. The summed E-state index contributed by atoms with van der Waals surface area (Å²) in [6.07, 6.45) is 0.598. The van der Waals surface area contributed by atoms with Crippen LogP contribution >= 0.6 is 30.6 Å². The largest absolute Gasteiger partial charge is 0.497 e. The average molecular weight is 417 g/mol. The van der Waals surface area contributed by atoms with Gasteiger partial charge in [-0.05, 0) is 49.2 Å². The van der Waals surface area contributed by atoms with Crippen molar-refractivity contribution in [1.29, 1.82) is 0 Å². The van der Waals surface area contributed by atoms with Crippen LogP contribution in [0.4, 0.5) is 0 Å². The summed E-state index contributed by atoms with van der Waals surface area (Å²) in [5.41, 5.74) is 0.547. The highest BCUT2D eigenvalue weighted by molar-refractivity contribution is 7.67. The van der Waals surface area contributed by atoms with E-state index in [4.69, 9.17) is 37.6 Å². The van der Waals surface area contributed by atoms with E-state index < -0.39 is 13.3 Å². The zero-order valence-corrected chi connectivity index (χ0v) is 16.8. The Morgan fingerprint density at radius 1 is 1.19 bits per heavy atom. The highest BCUT2D eigenvalue weighted by Gasteiger charge is 2.26. The van der Waals surface area contributed by atoms with Crippen LogP contribution in [0.15, 0.2) is 36.4 Å². The number of ether oxygens (including phenoxy) is 1. The summed E-state index contributed by atoms with van der Waals surface area (Å²) >= 11 is 12.0. The first-order valence-electron chi connectivity index (χ1n) is 7.90. The highest BCUT2D eigenvalue weighted by Crippen LogP contribution is 2.46. The molecule has 2 rings (SSSR count). The second-order valence-electron chi connectivity index (χ2n) is 5.51. The summed E-state index contributed by atoms with van der Waals surface area (Å²) in [6.45, 7) is 2.08. The van der Waals surface area contributed by atoms with Crippen molar-refractivity contribution < 1.29 is 23.7 Å². The smallest absolute Gasteiger partial charge is 0.338 e. The van der Waals surface area contributed by atoms with Crippen molar-refractivity contribution in [2.45, 2.75) is 13.3 Å². The summed E-state index contributed by atoms with van der Waals surface area (Å²) in [5, 5.41) is 9.78. The lowest BCUT2D eigenvalue weighted by Crippen LogP contribution is -2.12. The van der Waals surface area contributed by atoms with Crippen LogP contribution in [0.25, 0.3) is 0 Å². The predicted molar refractivity (Wildman–Crippen MR) is 104 cm³/mol. The molecule has 1 unspecified atom stereocenters. The second kappa shape index (κ2) is 8.92. The third-order valence-electron chi connectivity index (χ3n) is 3.79. The lowest BCUT2D eigenvalue weighted by molar-refractivity contribution is 0.0697. The van der Waals surface area contributed by atoms with Crippen LogP contribution in [0.5, 0.6) is 5.75 Å². The van der Waals surface area contributed by atoms with Gasteiger partial charge in [-0.1, -0.05) is 29.3 Å². The Morgan fingerprint density at radius 3 is 2.38 bits per heavy atom. The molecule has 2 aromatic carbocycles. The van der Waals surface area contributed by atoms with Gasteiger partial charge >= 0.3 is 5.97 Å². The number of methoxy groups -OCH3 is 1. The SMILES string of the molecule is CCOP(=O)(CCc1cc(Cl)c(C(=O)O)c(Cl)c1)c1cccc(OC)c1. The third kappa shape index (κ3) is 4.80. The summed E-state index contributed by atoms with van der Waals surface area (Å²) in [4.78, 5) is 11.2. The van der Waals surface area contributed by atoms with Gasteiger partial charge in [0.05, 0.1) is 29.3 Å². The van der Waals surface area contributed by atoms with Crippen LogP contribution in [-0.2, 0) is 15.5 Å². The van der Waals surface area contributed by atoms with E-state index in [2.05, 4.69) is 0 Å². The van der Waals surface area contributed by atoms with Crippen molar-refractivity contribution in [3.63, 3.8) is 0 Å². The summed E-state index contributed by atoms with van der Waals surface area (Å²) < 4.78 is 24.2. The molecule has 2 aromatic rings. The predicted octanol–water partition coefficient (Wildman–Crippen LogP) is 4.88. The van der Waals surface area contributed by atoms with E-state index in [0.717, 1.165) is 0 Å². The Kier molecular flexibility index (Phi) is 7.13. The van der Waals surface area contributed by atoms with Gasteiger partial charge in [0, 0.05) is 11.5 Å². The molecule has 0 bridgehead atoms. The molecule has 0 saturated heterocycles. The molecule has 0 aliphatic heterocycles. The fourth-order valence-electron chi connectivity index (χ4n) is 2.55. The minimum Gasteiger partial charge on any atom is -0.497 e. The van der Waals surface area contributed by atoms with Crippen molar-refractivity contribution >= 4 is 41.8 Å². The minimum atomic E-state index is -3.12. The molecule has 0 amide bonds. The monoisotopic (exact) mass is 416 g/mol. The molecule has 0 aliphatic carbocycles. The number of benzene rings is 2. The second-order valence-corrected chi connectivity index (χ2v) is 8.89. The molecule has 1 N–H and O–H groups in total. The zero-order chi connectivity index (χ0) is 19.3. The normalized spacial score (nSPS) is 13.2. The van der Waals surface area contributed by atoms with Crippen molar-refractivity contribution in [3.05, 3.63) is 57.6 Å². The first-order chi connectivity index (χ1) is 12.3. The molecule has 0 saturated carbocycles. The fraction of sp³-hybridized carbons (Fsp3) is 0.278. The van der Waals surface area contributed by atoms with Crippen LogP contribution in [0.1, 0.15) is 22.8 Å². The molecule has 0 spiro atoms. The number of carboxylic acid groups (broad SMARTS) is 1. The van der Waals surface area contributed by atoms with Gasteiger partial charge < -0.3 is 14.4 Å². The molecule has 0 heterocycles. The molecule has 0 aliphatic rings. The number of aromatic carboxylic acids is 1. The average Bonchev–Trinajstić information content (AvgIpc) is 2.59. The first kappa shape index (κ1) is 20.8. The van der Waals surface area contributed by atoms with Gasteiger partial charge in [-0.2, -0.15) is 0 Å². The standard InChI is InChI=1S/C18H19Cl2O5P/c1-3-25-26(23,14-6-4-5-13(11-14)24-2)8-7-12-9-15(19)17(18(21)22)16(20)10-12/h4-6,9-11H,3,7-8H2,1-2H3,(H,21,22). The van der Waals surface area contributed by atoms with Crippen LogP contribution in [0, 0.1) is 0 Å². The maximum atomic E-state index is 13.4. The maximum absolute atomic E-state index is 13.4. The molecule has 140 valence electrons. The number of carbonyl (C=O) groups is 1. The van der Waals surface area contributed by atoms with E-state index in [9.17, 15) is 9.36 Å². The Bertz CT molecular complexity index is 830.